The minimum atomic E-state index is -4.21. The van der Waals surface area contributed by atoms with Crippen LogP contribution in [0.3, 0.4) is 0 Å². The van der Waals surface area contributed by atoms with E-state index in [4.69, 9.17) is 23.2 Å². The van der Waals surface area contributed by atoms with Crippen molar-refractivity contribution in [2.45, 2.75) is 76.4 Å². The fourth-order valence-electron chi connectivity index (χ4n) is 5.17. The van der Waals surface area contributed by atoms with E-state index < -0.39 is 28.5 Å². The molecule has 224 valence electrons. The van der Waals surface area contributed by atoms with Gasteiger partial charge in [-0.05, 0) is 75.1 Å². The van der Waals surface area contributed by atoms with Gasteiger partial charge in [-0.3, -0.25) is 13.9 Å². The molecule has 0 bridgehead atoms. The van der Waals surface area contributed by atoms with Crippen molar-refractivity contribution in [3.05, 3.63) is 93.5 Å². The Morgan fingerprint density at radius 2 is 1.55 bits per heavy atom. The monoisotopic (exact) mass is 629 g/mol. The number of sulfonamides is 1. The number of carbonyl (C=O) groups is 2. The molecule has 1 atom stereocenters. The Hall–Kier alpha value is -3.07. The molecule has 0 aliphatic heterocycles. The molecule has 0 spiro atoms. The molecule has 1 aliphatic rings. The summed E-state index contributed by atoms with van der Waals surface area (Å²) in [6, 6.07) is 17.6. The van der Waals surface area contributed by atoms with Crippen LogP contribution in [-0.4, -0.2) is 43.8 Å². The van der Waals surface area contributed by atoms with E-state index in [1.807, 2.05) is 38.1 Å². The standard InChI is InChI=1S/C32H37Cl2N3O4S/c1-22-13-15-30(16-14-22)42(40,41)37(29-18-26(33)17-27(34)19-29)21-31(38)36(20-25-10-8-7-9-23(25)2)24(3)32(39)35-28-11-5-4-6-12-28/h7-10,13-19,24,28H,4-6,11-12,20-21H2,1-3H3,(H,35,39)/t24-/m1/s1. The average molecular weight is 631 g/mol. The summed E-state index contributed by atoms with van der Waals surface area (Å²) in [7, 11) is -4.21. The first-order chi connectivity index (χ1) is 20.0. The number of aryl methyl sites for hydroxylation is 2. The Labute approximate surface area is 258 Å². The second-order valence-corrected chi connectivity index (χ2v) is 13.7. The van der Waals surface area contributed by atoms with Gasteiger partial charge in [-0.25, -0.2) is 8.42 Å². The third-order valence-electron chi connectivity index (χ3n) is 7.74. The first-order valence-electron chi connectivity index (χ1n) is 14.2. The van der Waals surface area contributed by atoms with Crippen LogP contribution >= 0.6 is 23.2 Å². The van der Waals surface area contributed by atoms with Crippen LogP contribution in [0.25, 0.3) is 0 Å². The predicted octanol–water partition coefficient (Wildman–Crippen LogP) is 6.67. The van der Waals surface area contributed by atoms with Gasteiger partial charge in [0.2, 0.25) is 11.8 Å². The second-order valence-electron chi connectivity index (χ2n) is 10.9. The molecular formula is C32H37Cl2N3O4S. The summed E-state index contributed by atoms with van der Waals surface area (Å²) in [5.74, 6) is -0.793. The normalized spacial score (nSPS) is 14.7. The zero-order valence-electron chi connectivity index (χ0n) is 24.1. The lowest BCUT2D eigenvalue weighted by Crippen LogP contribution is -2.53. The first-order valence-corrected chi connectivity index (χ1v) is 16.3. The van der Waals surface area contributed by atoms with E-state index in [9.17, 15) is 18.0 Å². The fraction of sp³-hybridized carbons (Fsp3) is 0.375. The van der Waals surface area contributed by atoms with E-state index in [1.54, 1.807) is 19.1 Å². The summed E-state index contributed by atoms with van der Waals surface area (Å²) < 4.78 is 29.0. The topological polar surface area (TPSA) is 86.8 Å². The number of benzene rings is 3. The van der Waals surface area contributed by atoms with Gasteiger partial charge >= 0.3 is 0 Å². The van der Waals surface area contributed by atoms with Crippen molar-refractivity contribution in [3.8, 4) is 0 Å². The lowest BCUT2D eigenvalue weighted by molar-refractivity contribution is -0.139. The summed E-state index contributed by atoms with van der Waals surface area (Å²) in [4.78, 5) is 29.1. The molecule has 42 heavy (non-hydrogen) atoms. The Bertz CT molecular complexity index is 1500. The van der Waals surface area contributed by atoms with Crippen molar-refractivity contribution < 1.29 is 18.0 Å². The van der Waals surface area contributed by atoms with Crippen molar-refractivity contribution in [1.82, 2.24) is 10.2 Å². The fourth-order valence-corrected chi connectivity index (χ4v) is 7.08. The molecule has 7 nitrogen and oxygen atoms in total. The van der Waals surface area contributed by atoms with Crippen LogP contribution < -0.4 is 9.62 Å². The highest BCUT2D eigenvalue weighted by molar-refractivity contribution is 7.92. The number of hydrogen-bond donors (Lipinski definition) is 1. The largest absolute Gasteiger partial charge is 0.352 e. The molecule has 1 aliphatic carbocycles. The lowest BCUT2D eigenvalue weighted by atomic mass is 9.95. The van der Waals surface area contributed by atoms with E-state index in [0.29, 0.717) is 0 Å². The molecule has 1 saturated carbocycles. The van der Waals surface area contributed by atoms with Crippen LogP contribution in [-0.2, 0) is 26.2 Å². The number of carbonyl (C=O) groups excluding carboxylic acids is 2. The highest BCUT2D eigenvalue weighted by Crippen LogP contribution is 2.30. The van der Waals surface area contributed by atoms with Crippen LogP contribution in [0.5, 0.6) is 0 Å². The van der Waals surface area contributed by atoms with E-state index in [2.05, 4.69) is 5.32 Å². The third-order valence-corrected chi connectivity index (χ3v) is 9.97. The summed E-state index contributed by atoms with van der Waals surface area (Å²) >= 11 is 12.5. The summed E-state index contributed by atoms with van der Waals surface area (Å²) in [6.07, 6.45) is 5.07. The SMILES string of the molecule is Cc1ccc(S(=O)(=O)N(CC(=O)N(Cc2ccccc2C)[C@H](C)C(=O)NC2CCCCC2)c2cc(Cl)cc(Cl)c2)cc1. The van der Waals surface area contributed by atoms with Gasteiger partial charge in [-0.1, -0.05) is 84.4 Å². The molecule has 0 aromatic heterocycles. The molecule has 1 fully saturated rings. The van der Waals surface area contributed by atoms with E-state index in [-0.39, 0.29) is 39.1 Å². The number of hydrogen-bond acceptors (Lipinski definition) is 4. The van der Waals surface area contributed by atoms with Gasteiger partial charge in [0.05, 0.1) is 10.6 Å². The molecule has 1 N–H and O–H groups in total. The number of halogens is 2. The number of rotatable bonds is 10. The van der Waals surface area contributed by atoms with E-state index in [0.717, 1.165) is 53.1 Å². The zero-order valence-corrected chi connectivity index (χ0v) is 26.5. The van der Waals surface area contributed by atoms with Gasteiger partial charge in [0, 0.05) is 22.6 Å². The van der Waals surface area contributed by atoms with Crippen molar-refractivity contribution in [1.29, 1.82) is 0 Å². The van der Waals surface area contributed by atoms with Crippen LogP contribution in [0.2, 0.25) is 10.0 Å². The van der Waals surface area contributed by atoms with Gasteiger partial charge in [-0.2, -0.15) is 0 Å². The highest BCUT2D eigenvalue weighted by Gasteiger charge is 2.33. The maximum absolute atomic E-state index is 14.2. The van der Waals surface area contributed by atoms with Gasteiger partial charge < -0.3 is 10.2 Å². The Balaban J connectivity index is 1.71. The Morgan fingerprint density at radius 3 is 2.17 bits per heavy atom. The number of nitrogens with one attached hydrogen (secondary N) is 1. The minimum absolute atomic E-state index is 0.0190. The number of anilines is 1. The minimum Gasteiger partial charge on any atom is -0.352 e. The Kier molecular flexibility index (Phi) is 10.6. The summed E-state index contributed by atoms with van der Waals surface area (Å²) in [5.41, 5.74) is 2.86. The molecular weight excluding hydrogens is 593 g/mol. The maximum Gasteiger partial charge on any atom is 0.264 e. The Morgan fingerprint density at radius 1 is 0.929 bits per heavy atom. The number of amides is 2. The second kappa shape index (κ2) is 13.9. The van der Waals surface area contributed by atoms with Crippen molar-refractivity contribution in [2.24, 2.45) is 0 Å². The zero-order chi connectivity index (χ0) is 30.4. The molecule has 0 radical (unpaired) electrons. The van der Waals surface area contributed by atoms with Crippen LogP contribution in [0.4, 0.5) is 5.69 Å². The van der Waals surface area contributed by atoms with Crippen molar-refractivity contribution in [3.63, 3.8) is 0 Å². The van der Waals surface area contributed by atoms with Crippen LogP contribution in [0, 0.1) is 13.8 Å². The molecule has 0 heterocycles. The predicted molar refractivity (Wildman–Crippen MR) is 168 cm³/mol. The lowest BCUT2D eigenvalue weighted by Gasteiger charge is -2.33. The molecule has 3 aromatic carbocycles. The molecule has 10 heteroatoms. The maximum atomic E-state index is 14.2. The molecule has 4 rings (SSSR count). The quantitative estimate of drug-likeness (QED) is 0.271. The molecule has 2 amide bonds. The number of nitrogens with zero attached hydrogens (tertiary/aromatic N) is 2. The van der Waals surface area contributed by atoms with Gasteiger partial charge in [0.15, 0.2) is 0 Å². The average Bonchev–Trinajstić information content (AvgIpc) is 2.95. The van der Waals surface area contributed by atoms with Crippen molar-refractivity contribution >= 4 is 50.7 Å². The molecule has 0 saturated heterocycles. The van der Waals surface area contributed by atoms with E-state index >= 15 is 0 Å². The summed E-state index contributed by atoms with van der Waals surface area (Å²) in [6.45, 7) is 5.06. The summed E-state index contributed by atoms with van der Waals surface area (Å²) in [5, 5.41) is 3.57. The van der Waals surface area contributed by atoms with Crippen LogP contribution in [0.15, 0.2) is 71.6 Å². The molecule has 0 unspecified atom stereocenters. The highest BCUT2D eigenvalue weighted by atomic mass is 35.5. The van der Waals surface area contributed by atoms with Crippen LogP contribution in [0.1, 0.15) is 55.7 Å². The third kappa shape index (κ3) is 7.85. The van der Waals surface area contributed by atoms with Gasteiger partial charge in [0.25, 0.3) is 10.0 Å². The molecule has 3 aromatic rings. The van der Waals surface area contributed by atoms with Gasteiger partial charge in [-0.15, -0.1) is 0 Å². The smallest absolute Gasteiger partial charge is 0.264 e. The van der Waals surface area contributed by atoms with E-state index in [1.165, 1.54) is 35.2 Å². The van der Waals surface area contributed by atoms with Crippen molar-refractivity contribution in [2.75, 3.05) is 10.8 Å². The first kappa shape index (κ1) is 31.9. The van der Waals surface area contributed by atoms with Gasteiger partial charge in [0.1, 0.15) is 12.6 Å².